The molecule has 1 aliphatic heterocycles. The zero-order valence-corrected chi connectivity index (χ0v) is 16.3. The molecule has 1 amide bonds. The Morgan fingerprint density at radius 3 is 2.60 bits per heavy atom. The fraction of sp³-hybridized carbons (Fsp3) is 0.556. The number of amides is 1. The molecule has 1 fully saturated rings. The van der Waals surface area contributed by atoms with Crippen LogP contribution in [-0.4, -0.2) is 42.9 Å². The van der Waals surface area contributed by atoms with Gasteiger partial charge in [-0.05, 0) is 57.1 Å². The lowest BCUT2D eigenvalue weighted by molar-refractivity contribution is -0.914. The minimum absolute atomic E-state index is 0.0654. The highest BCUT2D eigenvalue weighted by Gasteiger charge is 2.25. The number of carbonyl (C=O) groups excluding carboxylic acids is 1. The van der Waals surface area contributed by atoms with Crippen LogP contribution in [-0.2, 0) is 9.53 Å². The van der Waals surface area contributed by atoms with E-state index in [1.54, 1.807) is 0 Å². The first-order valence-corrected chi connectivity index (χ1v) is 9.16. The van der Waals surface area contributed by atoms with E-state index in [-0.39, 0.29) is 18.1 Å². The first-order chi connectivity index (χ1) is 11.8. The SMILES string of the molecule is Cc1ccc(C)c(NC(=S)NNC(=O)CC[NH+]2C[C@@H](C)O[C@H](C)C2)c1. The molecule has 0 radical (unpaired) electrons. The van der Waals surface area contributed by atoms with Crippen LogP contribution in [0.2, 0.25) is 0 Å². The average molecular weight is 366 g/mol. The van der Waals surface area contributed by atoms with Crippen molar-refractivity contribution >= 4 is 28.9 Å². The molecule has 138 valence electrons. The molecular weight excluding hydrogens is 336 g/mol. The molecule has 0 spiro atoms. The van der Waals surface area contributed by atoms with Gasteiger partial charge in [0, 0.05) is 5.69 Å². The van der Waals surface area contributed by atoms with E-state index in [1.165, 1.54) is 4.90 Å². The quantitative estimate of drug-likeness (QED) is 0.467. The van der Waals surface area contributed by atoms with Gasteiger partial charge in [0.15, 0.2) is 5.11 Å². The van der Waals surface area contributed by atoms with E-state index < -0.39 is 0 Å². The highest BCUT2D eigenvalue weighted by atomic mass is 32.1. The Morgan fingerprint density at radius 2 is 1.92 bits per heavy atom. The van der Waals surface area contributed by atoms with Crippen molar-refractivity contribution in [2.24, 2.45) is 0 Å². The van der Waals surface area contributed by atoms with Crippen LogP contribution < -0.4 is 21.1 Å². The number of aryl methyl sites for hydroxylation is 2. The maximum atomic E-state index is 12.0. The van der Waals surface area contributed by atoms with Gasteiger partial charge in [0.1, 0.15) is 25.3 Å². The van der Waals surface area contributed by atoms with Crippen LogP contribution in [0.1, 0.15) is 31.4 Å². The molecule has 7 heteroatoms. The van der Waals surface area contributed by atoms with Crippen LogP contribution in [0.15, 0.2) is 18.2 Å². The molecule has 0 bridgehead atoms. The van der Waals surface area contributed by atoms with Crippen LogP contribution in [0, 0.1) is 13.8 Å². The number of carbonyl (C=O) groups is 1. The summed E-state index contributed by atoms with van der Waals surface area (Å²) in [7, 11) is 0. The molecule has 1 aliphatic rings. The number of morpholine rings is 1. The summed E-state index contributed by atoms with van der Waals surface area (Å²) in [6.45, 7) is 10.9. The second-order valence-corrected chi connectivity index (χ2v) is 7.27. The number of hydrazine groups is 1. The highest BCUT2D eigenvalue weighted by Crippen LogP contribution is 2.15. The average Bonchev–Trinajstić information content (AvgIpc) is 2.53. The van der Waals surface area contributed by atoms with Crippen molar-refractivity contribution in [3.8, 4) is 0 Å². The first kappa shape index (κ1) is 19.6. The third-order valence-corrected chi connectivity index (χ3v) is 4.48. The van der Waals surface area contributed by atoms with Crippen LogP contribution in [0.25, 0.3) is 0 Å². The van der Waals surface area contributed by atoms with Gasteiger partial charge < -0.3 is 15.0 Å². The van der Waals surface area contributed by atoms with E-state index in [2.05, 4.69) is 36.1 Å². The molecule has 1 heterocycles. The van der Waals surface area contributed by atoms with Crippen LogP contribution in [0.4, 0.5) is 5.69 Å². The summed E-state index contributed by atoms with van der Waals surface area (Å²) >= 11 is 5.24. The number of hydrogen-bond acceptors (Lipinski definition) is 3. The number of thiocarbonyl (C=S) groups is 1. The van der Waals surface area contributed by atoms with Crippen molar-refractivity contribution in [3.63, 3.8) is 0 Å². The van der Waals surface area contributed by atoms with Gasteiger partial charge in [0.2, 0.25) is 5.91 Å². The lowest BCUT2D eigenvalue weighted by atomic mass is 10.1. The molecule has 6 nitrogen and oxygen atoms in total. The maximum absolute atomic E-state index is 12.0. The number of benzene rings is 1. The number of quaternary nitrogens is 1. The third-order valence-electron chi connectivity index (χ3n) is 4.28. The van der Waals surface area contributed by atoms with Gasteiger partial charge in [-0.2, -0.15) is 0 Å². The van der Waals surface area contributed by atoms with Gasteiger partial charge in [-0.25, -0.2) is 0 Å². The van der Waals surface area contributed by atoms with Crippen LogP contribution in [0.5, 0.6) is 0 Å². The summed E-state index contributed by atoms with van der Waals surface area (Å²) < 4.78 is 5.72. The Morgan fingerprint density at radius 1 is 1.24 bits per heavy atom. The summed E-state index contributed by atoms with van der Waals surface area (Å²) in [5, 5.41) is 3.49. The zero-order chi connectivity index (χ0) is 18.4. The van der Waals surface area contributed by atoms with Crippen molar-refractivity contribution in [2.45, 2.75) is 46.3 Å². The number of hydrogen-bond donors (Lipinski definition) is 4. The summed E-state index contributed by atoms with van der Waals surface area (Å²) in [5.41, 5.74) is 8.62. The van der Waals surface area contributed by atoms with Gasteiger partial charge >= 0.3 is 0 Å². The van der Waals surface area contributed by atoms with Crippen LogP contribution >= 0.6 is 12.2 Å². The maximum Gasteiger partial charge on any atom is 0.244 e. The highest BCUT2D eigenvalue weighted by molar-refractivity contribution is 7.80. The lowest BCUT2D eigenvalue weighted by Gasteiger charge is -2.32. The third kappa shape index (κ3) is 6.61. The van der Waals surface area contributed by atoms with E-state index in [4.69, 9.17) is 17.0 Å². The molecule has 2 rings (SSSR count). The molecule has 2 atom stereocenters. The second-order valence-electron chi connectivity index (χ2n) is 6.86. The van der Waals surface area contributed by atoms with Crippen molar-refractivity contribution < 1.29 is 14.4 Å². The Kier molecular flexibility index (Phi) is 7.16. The molecule has 0 saturated carbocycles. The van der Waals surface area contributed by atoms with Gasteiger partial charge in [0.25, 0.3) is 0 Å². The first-order valence-electron chi connectivity index (χ1n) is 8.75. The van der Waals surface area contributed by atoms with Gasteiger partial charge in [0.05, 0.1) is 13.0 Å². The normalized spacial score (nSPS) is 23.0. The topological polar surface area (TPSA) is 66.8 Å². The monoisotopic (exact) mass is 365 g/mol. The van der Waals surface area contributed by atoms with Crippen LogP contribution in [0.3, 0.4) is 0 Å². The lowest BCUT2D eigenvalue weighted by Crippen LogP contribution is -3.15. The second kappa shape index (κ2) is 9.12. The van der Waals surface area contributed by atoms with E-state index in [9.17, 15) is 4.79 Å². The fourth-order valence-corrected chi connectivity index (χ4v) is 3.26. The number of rotatable bonds is 4. The number of nitrogens with one attached hydrogen (secondary N) is 4. The van der Waals surface area contributed by atoms with Crippen molar-refractivity contribution in [2.75, 3.05) is 25.0 Å². The van der Waals surface area contributed by atoms with Gasteiger partial charge in [-0.15, -0.1) is 0 Å². The smallest absolute Gasteiger partial charge is 0.244 e. The van der Waals surface area contributed by atoms with Crippen molar-refractivity contribution in [1.29, 1.82) is 0 Å². The Hall–Kier alpha value is -1.70. The molecule has 25 heavy (non-hydrogen) atoms. The van der Waals surface area contributed by atoms with E-state index in [1.807, 2.05) is 26.0 Å². The summed E-state index contributed by atoms with van der Waals surface area (Å²) in [5.74, 6) is -0.0654. The van der Waals surface area contributed by atoms with Gasteiger partial charge in [-0.3, -0.25) is 15.6 Å². The molecule has 1 saturated heterocycles. The fourth-order valence-electron chi connectivity index (χ4n) is 3.10. The molecule has 4 N–H and O–H groups in total. The van der Waals surface area contributed by atoms with E-state index in [0.717, 1.165) is 36.4 Å². The molecule has 1 aromatic rings. The van der Waals surface area contributed by atoms with Crippen molar-refractivity contribution in [1.82, 2.24) is 10.9 Å². The van der Waals surface area contributed by atoms with Crippen molar-refractivity contribution in [3.05, 3.63) is 29.3 Å². The minimum atomic E-state index is -0.0654. The van der Waals surface area contributed by atoms with E-state index in [0.29, 0.717) is 11.5 Å². The molecule has 0 aromatic heterocycles. The molecule has 1 aromatic carbocycles. The summed E-state index contributed by atoms with van der Waals surface area (Å²) in [4.78, 5) is 13.4. The molecular formula is C18H29N4O2S+. The Balaban J connectivity index is 1.70. The summed E-state index contributed by atoms with van der Waals surface area (Å²) in [6.07, 6.45) is 0.942. The largest absolute Gasteiger partial charge is 0.364 e. The standard InChI is InChI=1S/C18H28N4O2S/c1-12-5-6-13(2)16(9-12)19-18(25)21-20-17(23)7-8-22-10-14(3)24-15(4)11-22/h5-6,9,14-15H,7-8,10-11H2,1-4H3,(H,20,23)(H2,19,21,25)/p+1/t14-,15-/m1/s1. The Bertz CT molecular complexity index is 613. The van der Waals surface area contributed by atoms with Gasteiger partial charge in [-0.1, -0.05) is 12.1 Å². The minimum Gasteiger partial charge on any atom is -0.364 e. The number of ether oxygens (including phenoxy) is 1. The number of anilines is 1. The Labute approximate surface area is 155 Å². The predicted molar refractivity (Wildman–Crippen MR) is 104 cm³/mol. The molecule has 0 aliphatic carbocycles. The molecule has 0 unspecified atom stereocenters. The predicted octanol–water partition coefficient (Wildman–Crippen LogP) is 0.703. The zero-order valence-electron chi connectivity index (χ0n) is 15.4. The van der Waals surface area contributed by atoms with E-state index >= 15 is 0 Å². The summed E-state index contributed by atoms with van der Waals surface area (Å²) in [6, 6.07) is 6.11.